The average Bonchev–Trinajstić information content (AvgIpc) is 3.19. The Morgan fingerprint density at radius 3 is 2.53 bits per heavy atom. The molecule has 3 aromatic carbocycles. The summed E-state index contributed by atoms with van der Waals surface area (Å²) in [5.41, 5.74) is 7.30. The number of hydrazone groups is 1. The van der Waals surface area contributed by atoms with Crippen LogP contribution in [0.15, 0.2) is 90.2 Å². The van der Waals surface area contributed by atoms with Gasteiger partial charge in [-0.3, -0.25) is 4.79 Å². The van der Waals surface area contributed by atoms with Crippen molar-refractivity contribution in [2.45, 2.75) is 6.92 Å². The summed E-state index contributed by atoms with van der Waals surface area (Å²) in [5.74, 6) is -0.815. The highest BCUT2D eigenvalue weighted by Gasteiger charge is 2.12. The van der Waals surface area contributed by atoms with Gasteiger partial charge in [-0.25, -0.2) is 14.5 Å². The fourth-order valence-electron chi connectivity index (χ4n) is 3.04. The van der Waals surface area contributed by atoms with Crippen LogP contribution in [0, 0.1) is 12.7 Å². The zero-order valence-electron chi connectivity index (χ0n) is 16.3. The number of rotatable bonds is 5. The first kappa shape index (κ1) is 19.3. The van der Waals surface area contributed by atoms with Crippen molar-refractivity contribution in [1.82, 2.24) is 15.2 Å². The van der Waals surface area contributed by atoms with E-state index in [0.717, 1.165) is 28.1 Å². The largest absolute Gasteiger partial charge is 0.271 e. The molecule has 4 aromatic rings. The van der Waals surface area contributed by atoms with Gasteiger partial charge in [0, 0.05) is 22.9 Å². The molecular formula is C24H19FN4O. The Morgan fingerprint density at radius 1 is 1.03 bits per heavy atom. The van der Waals surface area contributed by atoms with E-state index in [9.17, 15) is 9.18 Å². The SMILES string of the molecule is Cc1cccc(-c2nn(-c3ccccc3)cc2C=NNC(=O)c2ccc(F)cc2)c1. The number of para-hydroxylation sites is 1. The van der Waals surface area contributed by atoms with Crippen LogP contribution < -0.4 is 5.43 Å². The van der Waals surface area contributed by atoms with Crippen LogP contribution in [-0.4, -0.2) is 21.9 Å². The van der Waals surface area contributed by atoms with E-state index in [0.29, 0.717) is 5.56 Å². The molecule has 6 heteroatoms. The Bertz CT molecular complexity index is 1200. The molecule has 0 atom stereocenters. The summed E-state index contributed by atoms with van der Waals surface area (Å²) < 4.78 is 14.8. The number of halogens is 1. The molecule has 148 valence electrons. The highest BCUT2D eigenvalue weighted by molar-refractivity contribution is 5.95. The van der Waals surface area contributed by atoms with E-state index in [2.05, 4.69) is 10.5 Å². The third-order valence-corrected chi connectivity index (χ3v) is 4.53. The first-order valence-electron chi connectivity index (χ1n) is 9.41. The minimum atomic E-state index is -0.418. The van der Waals surface area contributed by atoms with Crippen molar-refractivity contribution in [3.63, 3.8) is 0 Å². The Hall–Kier alpha value is -4.06. The monoisotopic (exact) mass is 398 g/mol. The van der Waals surface area contributed by atoms with E-state index < -0.39 is 11.7 Å². The summed E-state index contributed by atoms with van der Waals surface area (Å²) in [6, 6.07) is 23.1. The number of aryl methyl sites for hydroxylation is 1. The smallest absolute Gasteiger partial charge is 0.267 e. The molecule has 5 nitrogen and oxygen atoms in total. The van der Waals surface area contributed by atoms with E-state index in [1.165, 1.54) is 24.3 Å². The summed E-state index contributed by atoms with van der Waals surface area (Å²) in [6.07, 6.45) is 3.42. The third-order valence-electron chi connectivity index (χ3n) is 4.53. The van der Waals surface area contributed by atoms with E-state index in [1.54, 1.807) is 10.9 Å². The van der Waals surface area contributed by atoms with Gasteiger partial charge in [0.1, 0.15) is 11.5 Å². The number of amides is 1. The number of hydrogen-bond donors (Lipinski definition) is 1. The molecule has 0 aliphatic carbocycles. The molecule has 1 N–H and O–H groups in total. The zero-order valence-corrected chi connectivity index (χ0v) is 16.3. The standard InChI is InChI=1S/C24H19FN4O/c1-17-6-5-7-19(14-17)23-20(16-29(28-23)22-8-3-2-4-9-22)15-26-27-24(30)18-10-12-21(25)13-11-18/h2-16H,1H3,(H,27,30). The van der Waals surface area contributed by atoms with Crippen LogP contribution in [0.4, 0.5) is 4.39 Å². The Labute approximate surface area is 173 Å². The van der Waals surface area contributed by atoms with Gasteiger partial charge >= 0.3 is 0 Å². The van der Waals surface area contributed by atoms with Crippen molar-refractivity contribution in [2.75, 3.05) is 0 Å². The third kappa shape index (κ3) is 4.33. The Kier molecular flexibility index (Phi) is 5.48. The van der Waals surface area contributed by atoms with Gasteiger partial charge in [0.25, 0.3) is 5.91 Å². The molecule has 0 saturated heterocycles. The molecule has 1 heterocycles. The molecular weight excluding hydrogens is 379 g/mol. The summed E-state index contributed by atoms with van der Waals surface area (Å²) in [5, 5.41) is 8.81. The van der Waals surface area contributed by atoms with Crippen molar-refractivity contribution in [2.24, 2.45) is 5.10 Å². The number of carbonyl (C=O) groups is 1. The summed E-state index contributed by atoms with van der Waals surface area (Å²) in [6.45, 7) is 2.02. The van der Waals surface area contributed by atoms with Crippen LogP contribution in [0.5, 0.6) is 0 Å². The lowest BCUT2D eigenvalue weighted by molar-refractivity contribution is 0.0955. The van der Waals surface area contributed by atoms with Crippen molar-refractivity contribution in [3.8, 4) is 16.9 Å². The highest BCUT2D eigenvalue weighted by atomic mass is 19.1. The van der Waals surface area contributed by atoms with Crippen molar-refractivity contribution >= 4 is 12.1 Å². The van der Waals surface area contributed by atoms with Gasteiger partial charge in [-0.1, -0.05) is 42.0 Å². The lowest BCUT2D eigenvalue weighted by atomic mass is 10.1. The fourth-order valence-corrected chi connectivity index (χ4v) is 3.04. The molecule has 1 aromatic heterocycles. The van der Waals surface area contributed by atoms with Gasteiger partial charge in [0.05, 0.1) is 11.9 Å². The quantitative estimate of drug-likeness (QED) is 0.390. The Balaban J connectivity index is 1.64. The van der Waals surface area contributed by atoms with Crippen molar-refractivity contribution in [3.05, 3.63) is 108 Å². The first-order chi connectivity index (χ1) is 14.6. The normalized spacial score (nSPS) is 11.0. The van der Waals surface area contributed by atoms with Gasteiger partial charge in [-0.2, -0.15) is 10.2 Å². The Morgan fingerprint density at radius 2 is 1.80 bits per heavy atom. The maximum atomic E-state index is 13.0. The van der Waals surface area contributed by atoms with Gasteiger partial charge in [0.15, 0.2) is 0 Å². The topological polar surface area (TPSA) is 59.3 Å². The summed E-state index contributed by atoms with van der Waals surface area (Å²) in [4.78, 5) is 12.2. The van der Waals surface area contributed by atoms with Gasteiger partial charge in [-0.05, 0) is 49.4 Å². The van der Waals surface area contributed by atoms with Gasteiger partial charge in [0.2, 0.25) is 0 Å². The molecule has 0 saturated carbocycles. The van der Waals surface area contributed by atoms with Crippen molar-refractivity contribution in [1.29, 1.82) is 0 Å². The van der Waals surface area contributed by atoms with Crippen LogP contribution in [-0.2, 0) is 0 Å². The number of carbonyl (C=O) groups excluding carboxylic acids is 1. The first-order valence-corrected chi connectivity index (χ1v) is 9.41. The minimum Gasteiger partial charge on any atom is -0.267 e. The van der Waals surface area contributed by atoms with Crippen LogP contribution in [0.1, 0.15) is 21.5 Å². The molecule has 0 spiro atoms. The van der Waals surface area contributed by atoms with E-state index >= 15 is 0 Å². The molecule has 0 unspecified atom stereocenters. The number of hydrogen-bond acceptors (Lipinski definition) is 3. The maximum absolute atomic E-state index is 13.0. The van der Waals surface area contributed by atoms with Crippen LogP contribution in [0.3, 0.4) is 0 Å². The van der Waals surface area contributed by atoms with Gasteiger partial charge in [-0.15, -0.1) is 0 Å². The molecule has 1 amide bonds. The fraction of sp³-hybridized carbons (Fsp3) is 0.0417. The van der Waals surface area contributed by atoms with Crippen LogP contribution >= 0.6 is 0 Å². The minimum absolute atomic E-state index is 0.326. The van der Waals surface area contributed by atoms with Crippen LogP contribution in [0.25, 0.3) is 16.9 Å². The van der Waals surface area contributed by atoms with E-state index in [-0.39, 0.29) is 0 Å². The van der Waals surface area contributed by atoms with Gasteiger partial charge < -0.3 is 0 Å². The predicted octanol–water partition coefficient (Wildman–Crippen LogP) is 4.75. The molecule has 0 aliphatic rings. The summed E-state index contributed by atoms with van der Waals surface area (Å²) in [7, 11) is 0. The van der Waals surface area contributed by atoms with Crippen LogP contribution in [0.2, 0.25) is 0 Å². The average molecular weight is 398 g/mol. The molecule has 30 heavy (non-hydrogen) atoms. The number of aromatic nitrogens is 2. The van der Waals surface area contributed by atoms with E-state index in [1.807, 2.05) is 67.7 Å². The highest BCUT2D eigenvalue weighted by Crippen LogP contribution is 2.23. The molecule has 0 radical (unpaired) electrons. The second kappa shape index (κ2) is 8.53. The number of nitrogens with one attached hydrogen (secondary N) is 1. The van der Waals surface area contributed by atoms with Crippen molar-refractivity contribution < 1.29 is 9.18 Å². The zero-order chi connectivity index (χ0) is 20.9. The molecule has 0 fully saturated rings. The molecule has 4 rings (SSSR count). The lowest BCUT2D eigenvalue weighted by Crippen LogP contribution is -2.17. The maximum Gasteiger partial charge on any atom is 0.271 e. The second-order valence-electron chi connectivity index (χ2n) is 6.79. The number of nitrogens with zero attached hydrogens (tertiary/aromatic N) is 3. The molecule has 0 bridgehead atoms. The summed E-state index contributed by atoms with van der Waals surface area (Å²) >= 11 is 0. The lowest BCUT2D eigenvalue weighted by Gasteiger charge is -2.02. The number of benzene rings is 3. The second-order valence-corrected chi connectivity index (χ2v) is 6.79. The van der Waals surface area contributed by atoms with E-state index in [4.69, 9.17) is 5.10 Å². The predicted molar refractivity (Wildman–Crippen MR) is 115 cm³/mol. The molecule has 0 aliphatic heterocycles.